The number of carbonyl (C=O) groups is 1. The first-order valence-electron chi connectivity index (χ1n) is 4.06. The lowest BCUT2D eigenvalue weighted by Crippen LogP contribution is -2.43. The number of carboxylic acid groups (broad SMARTS) is 1. The van der Waals surface area contributed by atoms with E-state index in [0.717, 1.165) is 0 Å². The van der Waals surface area contributed by atoms with Crippen LogP contribution in [0.1, 0.15) is 6.92 Å². The molecule has 1 amide bonds. The second kappa shape index (κ2) is 6.87. The molecular formula is C7H16N3O2-. The topological polar surface area (TPSA) is 81.4 Å². The Morgan fingerprint density at radius 3 is 2.25 bits per heavy atom. The van der Waals surface area contributed by atoms with Crippen molar-refractivity contribution in [1.29, 1.82) is 0 Å². The van der Waals surface area contributed by atoms with E-state index in [4.69, 9.17) is 9.90 Å². The van der Waals surface area contributed by atoms with Crippen molar-refractivity contribution in [2.75, 3.05) is 32.7 Å². The summed E-state index contributed by atoms with van der Waals surface area (Å²) in [6.07, 6.45) is -1.58. The van der Waals surface area contributed by atoms with Crippen molar-refractivity contribution in [2.24, 2.45) is 5.73 Å². The lowest BCUT2D eigenvalue weighted by Gasteiger charge is -2.25. The molecule has 12 heavy (non-hydrogen) atoms. The van der Waals surface area contributed by atoms with Gasteiger partial charge in [0.2, 0.25) is 0 Å². The minimum Gasteiger partial charge on any atom is -0.530 e. The molecule has 3 N–H and O–H groups in total. The highest BCUT2D eigenvalue weighted by molar-refractivity contribution is 5.58. The van der Waals surface area contributed by atoms with Gasteiger partial charge in [-0.25, -0.2) is 0 Å². The highest BCUT2D eigenvalue weighted by Gasteiger charge is 2.04. The lowest BCUT2D eigenvalue weighted by molar-refractivity contribution is -0.245. The van der Waals surface area contributed by atoms with Gasteiger partial charge in [0.05, 0.1) is 0 Å². The third kappa shape index (κ3) is 7.30. The van der Waals surface area contributed by atoms with Crippen LogP contribution < -0.4 is 16.2 Å². The molecule has 0 aromatic rings. The molecule has 0 unspecified atom stereocenters. The molecule has 0 bridgehead atoms. The fraction of sp³-hybridized carbons (Fsp3) is 0.857. The van der Waals surface area contributed by atoms with Crippen molar-refractivity contribution in [2.45, 2.75) is 6.92 Å². The summed E-state index contributed by atoms with van der Waals surface area (Å²) < 4.78 is 0. The molecule has 1 fully saturated rings. The predicted octanol–water partition coefficient (Wildman–Crippen LogP) is -1.80. The van der Waals surface area contributed by atoms with Crippen LogP contribution in [-0.4, -0.2) is 43.7 Å². The van der Waals surface area contributed by atoms with Crippen LogP contribution in [0.25, 0.3) is 0 Å². The van der Waals surface area contributed by atoms with Crippen LogP contribution in [0, 0.1) is 0 Å². The Balaban J connectivity index is 0.000000261. The largest absolute Gasteiger partial charge is 0.530 e. The van der Waals surface area contributed by atoms with Crippen molar-refractivity contribution in [3.05, 3.63) is 0 Å². The number of primary amides is 1. The number of amides is 1. The van der Waals surface area contributed by atoms with E-state index in [1.165, 1.54) is 32.7 Å². The highest BCUT2D eigenvalue weighted by atomic mass is 16.4. The number of likely N-dealkylation sites (N-methyl/N-ethyl adjacent to an activating group) is 1. The lowest BCUT2D eigenvalue weighted by atomic mass is 10.4. The van der Waals surface area contributed by atoms with Gasteiger partial charge in [0, 0.05) is 26.2 Å². The number of nitrogens with one attached hydrogen (secondary N) is 1. The minimum absolute atomic E-state index is 1.17. The average Bonchev–Trinajstić information content (AvgIpc) is 2.05. The number of nitrogens with two attached hydrogens (primary N) is 1. The fourth-order valence-electron chi connectivity index (χ4n) is 1.03. The van der Waals surface area contributed by atoms with Gasteiger partial charge in [0.25, 0.3) is 0 Å². The molecule has 1 heterocycles. The standard InChI is InChI=1S/C6H14N2.CH3NO2/c1-2-8-5-3-7-4-6-8;2-1(3)4/h7H,2-6H2,1H3;2H2,(H,3,4)/p-1. The summed E-state index contributed by atoms with van der Waals surface area (Å²) in [5.74, 6) is 0. The Kier molecular flexibility index (Phi) is 6.41. The van der Waals surface area contributed by atoms with Crippen LogP contribution in [0.4, 0.5) is 4.79 Å². The summed E-state index contributed by atoms with van der Waals surface area (Å²) in [7, 11) is 0. The van der Waals surface area contributed by atoms with E-state index in [1.54, 1.807) is 0 Å². The van der Waals surface area contributed by atoms with Crippen molar-refractivity contribution in [3.8, 4) is 0 Å². The summed E-state index contributed by atoms with van der Waals surface area (Å²) in [6.45, 7) is 8.24. The van der Waals surface area contributed by atoms with Crippen molar-refractivity contribution < 1.29 is 9.90 Å². The number of hydrogen-bond donors (Lipinski definition) is 2. The number of rotatable bonds is 1. The molecule has 5 heteroatoms. The molecule has 1 aliphatic rings. The zero-order valence-corrected chi connectivity index (χ0v) is 7.38. The maximum atomic E-state index is 8.67. The van der Waals surface area contributed by atoms with Gasteiger partial charge >= 0.3 is 0 Å². The molecule has 5 nitrogen and oxygen atoms in total. The molecular weight excluding hydrogens is 158 g/mol. The first-order valence-corrected chi connectivity index (χ1v) is 4.06. The van der Waals surface area contributed by atoms with E-state index in [2.05, 4.69) is 22.9 Å². The molecule has 1 saturated heterocycles. The maximum absolute atomic E-state index is 8.67. The SMILES string of the molecule is CCN1CCNCC1.NC(=O)[O-]. The van der Waals surface area contributed by atoms with Gasteiger partial charge in [-0.1, -0.05) is 6.92 Å². The molecule has 1 rings (SSSR count). The van der Waals surface area contributed by atoms with Crippen LogP contribution in [0.5, 0.6) is 0 Å². The molecule has 0 radical (unpaired) electrons. The van der Waals surface area contributed by atoms with E-state index in [9.17, 15) is 0 Å². The van der Waals surface area contributed by atoms with Gasteiger partial charge < -0.3 is 25.9 Å². The van der Waals surface area contributed by atoms with Crippen LogP contribution in [0.15, 0.2) is 0 Å². The quantitative estimate of drug-likeness (QED) is 0.491. The Morgan fingerprint density at radius 1 is 1.58 bits per heavy atom. The molecule has 0 aliphatic carbocycles. The van der Waals surface area contributed by atoms with Crippen molar-refractivity contribution >= 4 is 6.09 Å². The summed E-state index contributed by atoms with van der Waals surface area (Å²) in [6, 6.07) is 0. The molecule has 0 aromatic heterocycles. The number of nitrogens with zero attached hydrogens (tertiary/aromatic N) is 1. The van der Waals surface area contributed by atoms with Gasteiger partial charge in [0.15, 0.2) is 0 Å². The van der Waals surface area contributed by atoms with Crippen molar-refractivity contribution in [3.63, 3.8) is 0 Å². The molecule has 0 atom stereocenters. The zero-order valence-electron chi connectivity index (χ0n) is 7.38. The van der Waals surface area contributed by atoms with Gasteiger partial charge in [-0.15, -0.1) is 0 Å². The Morgan fingerprint density at radius 2 is 2.00 bits per heavy atom. The van der Waals surface area contributed by atoms with Crippen molar-refractivity contribution in [1.82, 2.24) is 10.2 Å². The van der Waals surface area contributed by atoms with Crippen LogP contribution in [-0.2, 0) is 0 Å². The van der Waals surface area contributed by atoms with E-state index < -0.39 is 6.09 Å². The first kappa shape index (κ1) is 11.2. The predicted molar refractivity (Wildman–Crippen MR) is 44.6 cm³/mol. The minimum atomic E-state index is -1.58. The monoisotopic (exact) mass is 174 g/mol. The molecule has 1 aliphatic heterocycles. The summed E-state index contributed by atoms with van der Waals surface area (Å²) in [5.41, 5.74) is 3.92. The maximum Gasteiger partial charge on any atom is 0.131 e. The zero-order chi connectivity index (χ0) is 9.40. The summed E-state index contributed by atoms with van der Waals surface area (Å²) in [4.78, 5) is 11.1. The van der Waals surface area contributed by atoms with E-state index in [0.29, 0.717) is 0 Å². The average molecular weight is 174 g/mol. The third-order valence-corrected chi connectivity index (χ3v) is 1.66. The third-order valence-electron chi connectivity index (χ3n) is 1.66. The summed E-state index contributed by atoms with van der Waals surface area (Å²) >= 11 is 0. The first-order chi connectivity index (χ1) is 5.66. The smallest absolute Gasteiger partial charge is 0.131 e. The molecule has 0 spiro atoms. The van der Waals surface area contributed by atoms with Gasteiger partial charge in [-0.05, 0) is 6.54 Å². The Bertz CT molecular complexity index is 120. The second-order valence-corrected chi connectivity index (χ2v) is 2.50. The highest BCUT2D eigenvalue weighted by Crippen LogP contribution is 1.88. The van der Waals surface area contributed by atoms with E-state index >= 15 is 0 Å². The Hall–Kier alpha value is -0.810. The van der Waals surface area contributed by atoms with Crippen LogP contribution in [0.2, 0.25) is 0 Å². The Labute approximate surface area is 72.5 Å². The second-order valence-electron chi connectivity index (χ2n) is 2.50. The van der Waals surface area contributed by atoms with Crippen LogP contribution in [0.3, 0.4) is 0 Å². The van der Waals surface area contributed by atoms with Crippen LogP contribution >= 0.6 is 0 Å². The molecule has 0 aromatic carbocycles. The molecule has 0 saturated carbocycles. The van der Waals surface area contributed by atoms with Gasteiger partial charge in [-0.3, -0.25) is 0 Å². The molecule has 72 valence electrons. The summed E-state index contributed by atoms with van der Waals surface area (Å²) in [5, 5.41) is 12.0. The number of piperazine rings is 1. The fourth-order valence-corrected chi connectivity index (χ4v) is 1.03. The van der Waals surface area contributed by atoms with Gasteiger partial charge in [0.1, 0.15) is 6.09 Å². The normalized spacial score (nSPS) is 17.8. The number of carbonyl (C=O) groups excluding carboxylic acids is 1. The van der Waals surface area contributed by atoms with Gasteiger partial charge in [-0.2, -0.15) is 0 Å². The van der Waals surface area contributed by atoms with E-state index in [1.807, 2.05) is 0 Å². The number of hydrogen-bond acceptors (Lipinski definition) is 4. The van der Waals surface area contributed by atoms with E-state index in [-0.39, 0.29) is 0 Å².